The van der Waals surface area contributed by atoms with Crippen molar-refractivity contribution < 1.29 is 19.4 Å². The van der Waals surface area contributed by atoms with Crippen molar-refractivity contribution in [2.24, 2.45) is 0 Å². The standard InChI is InChI=1S/C23H21NO4/c1-27-22-15-18(9-12-20(22)25)24-14-13-21(23(24)26)28-19-10-7-17(8-11-19)16-5-3-2-4-6-16/h2-12,15,21,25H,13-14H2,1H3. The summed E-state index contributed by atoms with van der Waals surface area (Å²) in [5, 5.41) is 9.74. The number of methoxy groups -OCH3 is 1. The molecule has 1 aliphatic heterocycles. The van der Waals surface area contributed by atoms with E-state index in [1.165, 1.54) is 13.2 Å². The maximum Gasteiger partial charge on any atom is 0.268 e. The summed E-state index contributed by atoms with van der Waals surface area (Å²) >= 11 is 0. The van der Waals surface area contributed by atoms with E-state index < -0.39 is 6.10 Å². The second-order valence-corrected chi connectivity index (χ2v) is 6.63. The summed E-state index contributed by atoms with van der Waals surface area (Å²) in [5.41, 5.74) is 2.92. The molecule has 4 rings (SSSR count). The Morgan fingerprint density at radius 2 is 1.68 bits per heavy atom. The fourth-order valence-electron chi connectivity index (χ4n) is 3.37. The van der Waals surface area contributed by atoms with E-state index >= 15 is 0 Å². The lowest BCUT2D eigenvalue weighted by Gasteiger charge is -2.18. The number of hydrogen-bond donors (Lipinski definition) is 1. The molecular formula is C23H21NO4. The highest BCUT2D eigenvalue weighted by Crippen LogP contribution is 2.33. The van der Waals surface area contributed by atoms with Gasteiger partial charge >= 0.3 is 0 Å². The van der Waals surface area contributed by atoms with Gasteiger partial charge in [-0.3, -0.25) is 4.79 Å². The molecule has 1 fully saturated rings. The Labute approximate surface area is 163 Å². The number of phenolic OH excluding ortho intramolecular Hbond substituents is 1. The molecule has 0 aliphatic carbocycles. The largest absolute Gasteiger partial charge is 0.504 e. The van der Waals surface area contributed by atoms with Crippen molar-refractivity contribution in [1.82, 2.24) is 0 Å². The molecule has 1 unspecified atom stereocenters. The maximum atomic E-state index is 12.8. The Balaban J connectivity index is 1.46. The highest BCUT2D eigenvalue weighted by molar-refractivity contribution is 5.99. The van der Waals surface area contributed by atoms with E-state index in [9.17, 15) is 9.90 Å². The Hall–Kier alpha value is -3.47. The average Bonchev–Trinajstić information content (AvgIpc) is 3.10. The van der Waals surface area contributed by atoms with Crippen LogP contribution in [0.3, 0.4) is 0 Å². The predicted molar refractivity (Wildman–Crippen MR) is 108 cm³/mol. The van der Waals surface area contributed by atoms with Crippen LogP contribution in [0, 0.1) is 0 Å². The average molecular weight is 375 g/mol. The molecule has 142 valence electrons. The summed E-state index contributed by atoms with van der Waals surface area (Å²) in [6.07, 6.45) is 0.0741. The van der Waals surface area contributed by atoms with Gasteiger partial charge in [0.15, 0.2) is 17.6 Å². The fraction of sp³-hybridized carbons (Fsp3) is 0.174. The van der Waals surface area contributed by atoms with Gasteiger partial charge in [-0.05, 0) is 35.4 Å². The molecule has 28 heavy (non-hydrogen) atoms. The van der Waals surface area contributed by atoms with Crippen LogP contribution < -0.4 is 14.4 Å². The van der Waals surface area contributed by atoms with Crippen molar-refractivity contribution in [1.29, 1.82) is 0 Å². The van der Waals surface area contributed by atoms with E-state index in [1.54, 1.807) is 17.0 Å². The Morgan fingerprint density at radius 1 is 0.964 bits per heavy atom. The number of anilines is 1. The van der Waals surface area contributed by atoms with Crippen molar-refractivity contribution in [3.63, 3.8) is 0 Å². The normalized spacial score (nSPS) is 16.2. The monoisotopic (exact) mass is 375 g/mol. The molecule has 5 heteroatoms. The number of ether oxygens (including phenoxy) is 2. The van der Waals surface area contributed by atoms with Crippen molar-refractivity contribution in [2.75, 3.05) is 18.6 Å². The van der Waals surface area contributed by atoms with Gasteiger partial charge in [0.2, 0.25) is 0 Å². The van der Waals surface area contributed by atoms with Crippen LogP contribution in [0.1, 0.15) is 6.42 Å². The van der Waals surface area contributed by atoms with Gasteiger partial charge in [-0.2, -0.15) is 0 Å². The first kappa shape index (κ1) is 17.9. The van der Waals surface area contributed by atoms with Gasteiger partial charge in [0.25, 0.3) is 5.91 Å². The van der Waals surface area contributed by atoms with Crippen LogP contribution in [-0.4, -0.2) is 30.8 Å². The number of carbonyl (C=O) groups excluding carboxylic acids is 1. The second-order valence-electron chi connectivity index (χ2n) is 6.63. The minimum absolute atomic E-state index is 0.0456. The molecule has 3 aromatic carbocycles. The Bertz CT molecular complexity index is 970. The molecule has 5 nitrogen and oxygen atoms in total. The van der Waals surface area contributed by atoms with Crippen molar-refractivity contribution >= 4 is 11.6 Å². The Kier molecular flexibility index (Phi) is 4.89. The van der Waals surface area contributed by atoms with E-state index in [0.29, 0.717) is 30.2 Å². The molecule has 0 bridgehead atoms. The summed E-state index contributed by atoms with van der Waals surface area (Å²) in [4.78, 5) is 14.4. The highest BCUT2D eigenvalue weighted by atomic mass is 16.5. The van der Waals surface area contributed by atoms with Gasteiger partial charge < -0.3 is 19.5 Å². The van der Waals surface area contributed by atoms with E-state index in [4.69, 9.17) is 9.47 Å². The molecule has 0 spiro atoms. The molecule has 0 radical (unpaired) electrons. The summed E-state index contributed by atoms with van der Waals surface area (Å²) in [6.45, 7) is 0.555. The molecule has 1 saturated heterocycles. The summed E-state index contributed by atoms with van der Waals surface area (Å²) < 4.78 is 11.1. The first-order chi connectivity index (χ1) is 13.7. The van der Waals surface area contributed by atoms with Gasteiger partial charge in [-0.25, -0.2) is 0 Å². The van der Waals surface area contributed by atoms with Crippen LogP contribution in [0.2, 0.25) is 0 Å². The summed E-state index contributed by atoms with van der Waals surface area (Å²) in [7, 11) is 1.48. The van der Waals surface area contributed by atoms with Crippen molar-refractivity contribution in [3.8, 4) is 28.4 Å². The lowest BCUT2D eigenvalue weighted by molar-refractivity contribution is -0.122. The number of rotatable bonds is 5. The molecule has 1 N–H and O–H groups in total. The number of carbonyl (C=O) groups is 1. The second kappa shape index (κ2) is 7.64. The molecule has 3 aromatic rings. The molecule has 1 atom stereocenters. The van der Waals surface area contributed by atoms with E-state index in [-0.39, 0.29) is 11.7 Å². The van der Waals surface area contributed by atoms with Crippen LogP contribution in [0.5, 0.6) is 17.2 Å². The minimum atomic E-state index is -0.526. The van der Waals surface area contributed by atoms with Crippen LogP contribution in [0.15, 0.2) is 72.8 Å². The molecule has 0 saturated carbocycles. The van der Waals surface area contributed by atoms with Gasteiger partial charge in [-0.15, -0.1) is 0 Å². The number of hydrogen-bond acceptors (Lipinski definition) is 4. The third-order valence-electron chi connectivity index (χ3n) is 4.87. The zero-order valence-electron chi connectivity index (χ0n) is 15.5. The smallest absolute Gasteiger partial charge is 0.268 e. The first-order valence-electron chi connectivity index (χ1n) is 9.16. The molecule has 1 heterocycles. The number of nitrogens with zero attached hydrogens (tertiary/aromatic N) is 1. The molecule has 1 aliphatic rings. The van der Waals surface area contributed by atoms with E-state index in [2.05, 4.69) is 12.1 Å². The quantitative estimate of drug-likeness (QED) is 0.724. The summed E-state index contributed by atoms with van der Waals surface area (Å²) in [6, 6.07) is 22.8. The third kappa shape index (κ3) is 3.51. The lowest BCUT2D eigenvalue weighted by atomic mass is 10.1. The minimum Gasteiger partial charge on any atom is -0.504 e. The molecule has 0 aromatic heterocycles. The van der Waals surface area contributed by atoms with Crippen molar-refractivity contribution in [2.45, 2.75) is 12.5 Å². The van der Waals surface area contributed by atoms with Gasteiger partial charge in [-0.1, -0.05) is 42.5 Å². The first-order valence-corrected chi connectivity index (χ1v) is 9.16. The predicted octanol–water partition coefficient (Wildman–Crippen LogP) is 4.25. The molecular weight excluding hydrogens is 354 g/mol. The lowest BCUT2D eigenvalue weighted by Crippen LogP contribution is -2.32. The number of amides is 1. The fourth-order valence-corrected chi connectivity index (χ4v) is 3.37. The van der Waals surface area contributed by atoms with Crippen molar-refractivity contribution in [3.05, 3.63) is 72.8 Å². The summed E-state index contributed by atoms with van der Waals surface area (Å²) in [5.74, 6) is 0.957. The SMILES string of the molecule is COc1cc(N2CCC(Oc3ccc(-c4ccccc4)cc3)C2=O)ccc1O. The van der Waals surface area contributed by atoms with E-state index in [0.717, 1.165) is 11.1 Å². The van der Waals surface area contributed by atoms with Gasteiger partial charge in [0.1, 0.15) is 5.75 Å². The van der Waals surface area contributed by atoms with Gasteiger partial charge in [0.05, 0.1) is 7.11 Å². The number of phenols is 1. The number of benzene rings is 3. The highest BCUT2D eigenvalue weighted by Gasteiger charge is 2.34. The van der Waals surface area contributed by atoms with E-state index in [1.807, 2.05) is 42.5 Å². The van der Waals surface area contributed by atoms with Crippen LogP contribution in [0.25, 0.3) is 11.1 Å². The molecule has 1 amide bonds. The van der Waals surface area contributed by atoms with Gasteiger partial charge in [0, 0.05) is 24.7 Å². The maximum absolute atomic E-state index is 12.8. The van der Waals surface area contributed by atoms with Crippen LogP contribution in [-0.2, 0) is 4.79 Å². The third-order valence-corrected chi connectivity index (χ3v) is 4.87. The zero-order valence-corrected chi connectivity index (χ0v) is 15.5. The van der Waals surface area contributed by atoms with Crippen LogP contribution in [0.4, 0.5) is 5.69 Å². The number of aromatic hydroxyl groups is 1. The van der Waals surface area contributed by atoms with Crippen LogP contribution >= 0.6 is 0 Å². The zero-order chi connectivity index (χ0) is 19.5. The topological polar surface area (TPSA) is 59.0 Å². The Morgan fingerprint density at radius 3 is 2.39 bits per heavy atom.